The lowest BCUT2D eigenvalue weighted by Gasteiger charge is -2.47. The molecule has 0 aromatic rings. The maximum absolute atomic E-state index is 8.84. The summed E-state index contributed by atoms with van der Waals surface area (Å²) in [5.41, 5.74) is 5.80. The molecule has 0 unspecified atom stereocenters. The molecule has 16 heavy (non-hydrogen) atoms. The van der Waals surface area contributed by atoms with Crippen molar-refractivity contribution in [2.45, 2.75) is 32.2 Å². The summed E-state index contributed by atoms with van der Waals surface area (Å²) in [5.74, 6) is 0. The fourth-order valence-corrected chi connectivity index (χ4v) is 2.47. The summed E-state index contributed by atoms with van der Waals surface area (Å²) in [7, 11) is 0. The van der Waals surface area contributed by atoms with E-state index in [0.29, 0.717) is 6.61 Å². The molecule has 4 nitrogen and oxygen atoms in total. The van der Waals surface area contributed by atoms with Gasteiger partial charge in [0.15, 0.2) is 0 Å². The highest BCUT2D eigenvalue weighted by atomic mass is 16.3. The number of rotatable bonds is 6. The molecule has 96 valence electrons. The molecule has 0 aliphatic carbocycles. The van der Waals surface area contributed by atoms with Gasteiger partial charge in [-0.15, -0.1) is 0 Å². The van der Waals surface area contributed by atoms with Crippen LogP contribution in [0.2, 0.25) is 0 Å². The van der Waals surface area contributed by atoms with Gasteiger partial charge >= 0.3 is 0 Å². The lowest BCUT2D eigenvalue weighted by Crippen LogP contribution is -2.59. The molecule has 0 aromatic heterocycles. The van der Waals surface area contributed by atoms with E-state index in [1.54, 1.807) is 0 Å². The van der Waals surface area contributed by atoms with Crippen LogP contribution in [0.1, 0.15) is 26.7 Å². The van der Waals surface area contributed by atoms with Crippen LogP contribution in [0.4, 0.5) is 0 Å². The van der Waals surface area contributed by atoms with E-state index in [1.807, 2.05) is 0 Å². The van der Waals surface area contributed by atoms with Gasteiger partial charge in [0.05, 0.1) is 0 Å². The molecule has 0 atom stereocenters. The van der Waals surface area contributed by atoms with Gasteiger partial charge in [0, 0.05) is 38.3 Å². The topological polar surface area (TPSA) is 52.7 Å². The van der Waals surface area contributed by atoms with Crippen LogP contribution in [0.25, 0.3) is 0 Å². The highest BCUT2D eigenvalue weighted by Gasteiger charge is 2.32. The van der Waals surface area contributed by atoms with Crippen LogP contribution in [0.15, 0.2) is 0 Å². The number of piperazine rings is 1. The molecule has 1 aliphatic heterocycles. The summed E-state index contributed by atoms with van der Waals surface area (Å²) in [6.07, 6.45) is 1.97. The zero-order chi connectivity index (χ0) is 12.0. The van der Waals surface area contributed by atoms with E-state index in [4.69, 9.17) is 10.8 Å². The van der Waals surface area contributed by atoms with Gasteiger partial charge in [0.2, 0.25) is 0 Å². The first-order valence-corrected chi connectivity index (χ1v) is 6.38. The highest BCUT2D eigenvalue weighted by molar-refractivity contribution is 4.89. The molecule has 1 fully saturated rings. The number of nitrogens with two attached hydrogens (primary N) is 1. The van der Waals surface area contributed by atoms with Crippen LogP contribution >= 0.6 is 0 Å². The molecule has 0 saturated carbocycles. The predicted octanol–water partition coefficient (Wildman–Crippen LogP) is 0.114. The zero-order valence-corrected chi connectivity index (χ0v) is 10.8. The third kappa shape index (κ3) is 4.01. The van der Waals surface area contributed by atoms with Crippen molar-refractivity contribution in [3.8, 4) is 0 Å². The van der Waals surface area contributed by atoms with Gasteiger partial charge in [0.25, 0.3) is 0 Å². The second kappa shape index (κ2) is 6.55. The van der Waals surface area contributed by atoms with Crippen LogP contribution in [0, 0.1) is 0 Å². The Kier molecular flexibility index (Phi) is 5.69. The van der Waals surface area contributed by atoms with Crippen LogP contribution in [-0.4, -0.2) is 66.3 Å². The first kappa shape index (κ1) is 13.9. The van der Waals surface area contributed by atoms with Crippen LogP contribution < -0.4 is 5.73 Å². The third-order valence-electron chi connectivity index (χ3n) is 3.42. The SMILES string of the molecule is CC1(C)CN(CCCO)CCN1CCCN. The van der Waals surface area contributed by atoms with Crippen molar-refractivity contribution in [1.82, 2.24) is 9.80 Å². The van der Waals surface area contributed by atoms with Gasteiger partial charge in [-0.1, -0.05) is 0 Å². The largest absolute Gasteiger partial charge is 0.396 e. The lowest BCUT2D eigenvalue weighted by molar-refractivity contribution is 0.0174. The van der Waals surface area contributed by atoms with Crippen molar-refractivity contribution in [2.24, 2.45) is 5.73 Å². The zero-order valence-electron chi connectivity index (χ0n) is 10.8. The maximum atomic E-state index is 8.84. The Morgan fingerprint density at radius 2 is 1.94 bits per heavy atom. The summed E-state index contributed by atoms with van der Waals surface area (Å²) in [4.78, 5) is 4.99. The van der Waals surface area contributed by atoms with E-state index in [1.165, 1.54) is 0 Å². The maximum Gasteiger partial charge on any atom is 0.0443 e. The second-order valence-corrected chi connectivity index (χ2v) is 5.30. The molecule has 0 amide bonds. The normalized spacial score (nSPS) is 22.5. The number of hydrogen-bond acceptors (Lipinski definition) is 4. The summed E-state index contributed by atoms with van der Waals surface area (Å²) in [5, 5.41) is 8.84. The number of hydrogen-bond donors (Lipinski definition) is 2. The van der Waals surface area contributed by atoms with Crippen molar-refractivity contribution in [2.75, 3.05) is 45.9 Å². The third-order valence-corrected chi connectivity index (χ3v) is 3.42. The first-order valence-electron chi connectivity index (χ1n) is 6.38. The Hall–Kier alpha value is -0.160. The summed E-state index contributed by atoms with van der Waals surface area (Å²) >= 11 is 0. The molecular weight excluding hydrogens is 202 g/mol. The Morgan fingerprint density at radius 3 is 2.50 bits per heavy atom. The fourth-order valence-electron chi connectivity index (χ4n) is 2.47. The minimum atomic E-state index is 0.239. The quantitative estimate of drug-likeness (QED) is 0.679. The van der Waals surface area contributed by atoms with E-state index < -0.39 is 0 Å². The molecule has 0 aromatic carbocycles. The number of aliphatic hydroxyl groups excluding tert-OH is 1. The van der Waals surface area contributed by atoms with Gasteiger partial charge in [-0.25, -0.2) is 0 Å². The Bertz CT molecular complexity index is 197. The molecule has 0 radical (unpaired) electrons. The summed E-state index contributed by atoms with van der Waals surface area (Å²) < 4.78 is 0. The molecule has 0 spiro atoms. The monoisotopic (exact) mass is 229 g/mol. The van der Waals surface area contributed by atoms with Gasteiger partial charge in [-0.3, -0.25) is 4.90 Å². The first-order chi connectivity index (χ1) is 7.60. The molecule has 3 N–H and O–H groups in total. The van der Waals surface area contributed by atoms with E-state index in [0.717, 1.165) is 52.1 Å². The Morgan fingerprint density at radius 1 is 1.19 bits per heavy atom. The van der Waals surface area contributed by atoms with Crippen molar-refractivity contribution in [3.05, 3.63) is 0 Å². The molecule has 1 heterocycles. The Labute approximate surface area is 99.4 Å². The second-order valence-electron chi connectivity index (χ2n) is 5.30. The number of nitrogens with zero attached hydrogens (tertiary/aromatic N) is 2. The van der Waals surface area contributed by atoms with Crippen LogP contribution in [0.3, 0.4) is 0 Å². The van der Waals surface area contributed by atoms with E-state index >= 15 is 0 Å². The van der Waals surface area contributed by atoms with Crippen molar-refractivity contribution in [3.63, 3.8) is 0 Å². The van der Waals surface area contributed by atoms with E-state index in [2.05, 4.69) is 23.6 Å². The van der Waals surface area contributed by atoms with Crippen molar-refractivity contribution >= 4 is 0 Å². The molecular formula is C12H27N3O. The van der Waals surface area contributed by atoms with Crippen LogP contribution in [-0.2, 0) is 0 Å². The lowest BCUT2D eigenvalue weighted by atomic mass is 9.98. The fraction of sp³-hybridized carbons (Fsp3) is 1.00. The smallest absolute Gasteiger partial charge is 0.0443 e. The summed E-state index contributed by atoms with van der Waals surface area (Å²) in [6, 6.07) is 0. The minimum absolute atomic E-state index is 0.239. The van der Waals surface area contributed by atoms with Gasteiger partial charge in [-0.05, 0) is 39.8 Å². The highest BCUT2D eigenvalue weighted by Crippen LogP contribution is 2.20. The molecule has 0 bridgehead atoms. The minimum Gasteiger partial charge on any atom is -0.396 e. The molecule has 1 saturated heterocycles. The average Bonchev–Trinajstić information content (AvgIpc) is 2.24. The summed E-state index contributed by atoms with van der Waals surface area (Å²) in [6.45, 7) is 11.1. The van der Waals surface area contributed by atoms with E-state index in [-0.39, 0.29) is 5.54 Å². The average molecular weight is 229 g/mol. The van der Waals surface area contributed by atoms with Crippen LogP contribution in [0.5, 0.6) is 0 Å². The van der Waals surface area contributed by atoms with Crippen molar-refractivity contribution < 1.29 is 5.11 Å². The molecule has 1 rings (SSSR count). The van der Waals surface area contributed by atoms with Gasteiger partial charge < -0.3 is 15.7 Å². The van der Waals surface area contributed by atoms with E-state index in [9.17, 15) is 0 Å². The standard InChI is InChI=1S/C12H27N3O/c1-12(2)11-14(6-4-10-16)8-9-15(12)7-3-5-13/h16H,3-11,13H2,1-2H3. The van der Waals surface area contributed by atoms with Crippen molar-refractivity contribution in [1.29, 1.82) is 0 Å². The molecule has 1 aliphatic rings. The molecule has 4 heteroatoms. The van der Waals surface area contributed by atoms with Gasteiger partial charge in [0.1, 0.15) is 0 Å². The predicted molar refractivity (Wildman–Crippen MR) is 67.5 cm³/mol. The Balaban J connectivity index is 2.38. The van der Waals surface area contributed by atoms with Gasteiger partial charge in [-0.2, -0.15) is 0 Å². The number of aliphatic hydroxyl groups is 1.